The van der Waals surface area contributed by atoms with E-state index >= 15 is 0 Å². The zero-order valence-electron chi connectivity index (χ0n) is 15.2. The van der Waals surface area contributed by atoms with Crippen LogP contribution in [0.5, 0.6) is 0 Å². The standard InChI is InChI=1S/C20H25N3O3S/c24-20(22-11-14-23-12-9-21-10-13-23)18-6-4-5-17(15-18)16-27(25,26)19-7-2-1-3-8-19/h1-8,15,21H,9-14,16H2,(H,22,24). The molecular formula is C20H25N3O3S. The van der Waals surface area contributed by atoms with Crippen LogP contribution in [0.1, 0.15) is 15.9 Å². The van der Waals surface area contributed by atoms with Gasteiger partial charge in [-0.1, -0.05) is 30.3 Å². The summed E-state index contributed by atoms with van der Waals surface area (Å²) in [5.41, 5.74) is 1.09. The van der Waals surface area contributed by atoms with E-state index < -0.39 is 9.84 Å². The van der Waals surface area contributed by atoms with E-state index in [1.165, 1.54) is 0 Å². The third-order valence-corrected chi connectivity index (χ3v) is 6.28. The van der Waals surface area contributed by atoms with Crippen LogP contribution in [-0.4, -0.2) is 58.5 Å². The molecule has 2 aromatic rings. The second kappa shape index (κ2) is 9.12. The van der Waals surface area contributed by atoms with Crippen LogP contribution in [0.25, 0.3) is 0 Å². The van der Waals surface area contributed by atoms with E-state index in [0.29, 0.717) is 17.7 Å². The van der Waals surface area contributed by atoms with E-state index in [-0.39, 0.29) is 16.6 Å². The highest BCUT2D eigenvalue weighted by atomic mass is 32.2. The van der Waals surface area contributed by atoms with Crippen LogP contribution in [0.15, 0.2) is 59.5 Å². The van der Waals surface area contributed by atoms with Crippen molar-refractivity contribution < 1.29 is 13.2 Å². The lowest BCUT2D eigenvalue weighted by atomic mass is 10.1. The SMILES string of the molecule is O=C(NCCN1CCNCC1)c1cccc(CS(=O)(=O)c2ccccc2)c1. The van der Waals surface area contributed by atoms with Gasteiger partial charge in [0.05, 0.1) is 10.6 Å². The summed E-state index contributed by atoms with van der Waals surface area (Å²) in [5, 5.41) is 6.22. The summed E-state index contributed by atoms with van der Waals surface area (Å²) in [7, 11) is -3.43. The molecule has 0 atom stereocenters. The molecule has 0 spiro atoms. The number of carbonyl (C=O) groups is 1. The summed E-state index contributed by atoms with van der Waals surface area (Å²) in [6, 6.07) is 15.2. The zero-order valence-corrected chi connectivity index (χ0v) is 16.0. The molecule has 7 heteroatoms. The molecule has 1 fully saturated rings. The third kappa shape index (κ3) is 5.63. The molecule has 144 valence electrons. The van der Waals surface area contributed by atoms with Gasteiger partial charge in [0.2, 0.25) is 0 Å². The molecule has 1 aliphatic rings. The number of carbonyl (C=O) groups excluding carboxylic acids is 1. The normalized spacial score (nSPS) is 15.4. The van der Waals surface area contributed by atoms with Crippen molar-refractivity contribution in [3.05, 3.63) is 65.7 Å². The summed E-state index contributed by atoms with van der Waals surface area (Å²) in [4.78, 5) is 15.0. The minimum atomic E-state index is -3.43. The molecule has 1 saturated heterocycles. The first-order chi connectivity index (χ1) is 13.0. The van der Waals surface area contributed by atoms with Gasteiger partial charge in [-0.25, -0.2) is 8.42 Å². The molecule has 0 unspecified atom stereocenters. The second-order valence-electron chi connectivity index (χ2n) is 6.62. The fraction of sp³-hybridized carbons (Fsp3) is 0.350. The van der Waals surface area contributed by atoms with Crippen molar-refractivity contribution >= 4 is 15.7 Å². The van der Waals surface area contributed by atoms with E-state index in [4.69, 9.17) is 0 Å². The van der Waals surface area contributed by atoms with Gasteiger partial charge in [0.25, 0.3) is 5.91 Å². The van der Waals surface area contributed by atoms with Crippen molar-refractivity contribution in [1.82, 2.24) is 15.5 Å². The van der Waals surface area contributed by atoms with Crippen LogP contribution in [0.3, 0.4) is 0 Å². The number of nitrogens with zero attached hydrogens (tertiary/aromatic N) is 1. The van der Waals surface area contributed by atoms with E-state index in [1.54, 1.807) is 54.6 Å². The molecule has 3 rings (SSSR count). The van der Waals surface area contributed by atoms with Gasteiger partial charge in [0, 0.05) is 44.8 Å². The van der Waals surface area contributed by atoms with Gasteiger partial charge in [-0.15, -0.1) is 0 Å². The summed E-state index contributed by atoms with van der Waals surface area (Å²) in [6.07, 6.45) is 0. The summed E-state index contributed by atoms with van der Waals surface area (Å²) < 4.78 is 25.0. The number of sulfone groups is 1. The van der Waals surface area contributed by atoms with Crippen LogP contribution in [0, 0.1) is 0 Å². The highest BCUT2D eigenvalue weighted by Gasteiger charge is 2.16. The second-order valence-corrected chi connectivity index (χ2v) is 8.61. The Morgan fingerprint density at radius 1 is 1.04 bits per heavy atom. The Balaban J connectivity index is 1.58. The van der Waals surface area contributed by atoms with Gasteiger partial charge in [0.1, 0.15) is 0 Å². The predicted octanol–water partition coefficient (Wildman–Crippen LogP) is 1.30. The van der Waals surface area contributed by atoms with E-state index in [1.807, 2.05) is 0 Å². The van der Waals surface area contributed by atoms with Gasteiger partial charge in [-0.3, -0.25) is 9.69 Å². The molecule has 0 radical (unpaired) electrons. The van der Waals surface area contributed by atoms with Crippen molar-refractivity contribution in [2.75, 3.05) is 39.3 Å². The lowest BCUT2D eigenvalue weighted by Gasteiger charge is -2.27. The number of rotatable bonds is 7. The maximum absolute atomic E-state index is 12.5. The Hall–Kier alpha value is -2.22. The number of piperazine rings is 1. The van der Waals surface area contributed by atoms with Crippen molar-refractivity contribution in [1.29, 1.82) is 0 Å². The highest BCUT2D eigenvalue weighted by Crippen LogP contribution is 2.17. The molecule has 0 bridgehead atoms. The molecule has 0 saturated carbocycles. The van der Waals surface area contributed by atoms with Crippen LogP contribution in [0.2, 0.25) is 0 Å². The van der Waals surface area contributed by atoms with Gasteiger partial charge >= 0.3 is 0 Å². The van der Waals surface area contributed by atoms with Gasteiger partial charge in [0.15, 0.2) is 9.84 Å². The number of hydrogen-bond acceptors (Lipinski definition) is 5. The summed E-state index contributed by atoms with van der Waals surface area (Å²) in [6.45, 7) is 5.32. The quantitative estimate of drug-likeness (QED) is 0.749. The number of nitrogens with one attached hydrogen (secondary N) is 2. The summed E-state index contributed by atoms with van der Waals surface area (Å²) in [5.74, 6) is -0.303. The average molecular weight is 388 g/mol. The molecule has 0 aliphatic carbocycles. The first kappa shape index (κ1) is 19.5. The number of benzene rings is 2. The van der Waals surface area contributed by atoms with E-state index in [9.17, 15) is 13.2 Å². The van der Waals surface area contributed by atoms with Gasteiger partial charge < -0.3 is 10.6 Å². The number of hydrogen-bond donors (Lipinski definition) is 2. The van der Waals surface area contributed by atoms with Crippen LogP contribution in [-0.2, 0) is 15.6 Å². The Morgan fingerprint density at radius 3 is 2.52 bits per heavy atom. The number of amides is 1. The van der Waals surface area contributed by atoms with Gasteiger partial charge in [-0.2, -0.15) is 0 Å². The Kier molecular flexibility index (Phi) is 6.60. The van der Waals surface area contributed by atoms with Crippen molar-refractivity contribution in [2.45, 2.75) is 10.6 Å². The Labute approximate surface area is 160 Å². The van der Waals surface area contributed by atoms with Crippen molar-refractivity contribution in [3.8, 4) is 0 Å². The molecule has 0 aromatic heterocycles. The van der Waals surface area contributed by atoms with Crippen LogP contribution in [0.4, 0.5) is 0 Å². The fourth-order valence-electron chi connectivity index (χ4n) is 3.10. The summed E-state index contributed by atoms with van der Waals surface area (Å²) >= 11 is 0. The molecular weight excluding hydrogens is 362 g/mol. The topological polar surface area (TPSA) is 78.5 Å². The van der Waals surface area contributed by atoms with Crippen LogP contribution >= 0.6 is 0 Å². The molecule has 27 heavy (non-hydrogen) atoms. The smallest absolute Gasteiger partial charge is 0.251 e. The van der Waals surface area contributed by atoms with Crippen molar-refractivity contribution in [3.63, 3.8) is 0 Å². The monoisotopic (exact) mass is 387 g/mol. The maximum atomic E-state index is 12.5. The molecule has 2 aromatic carbocycles. The van der Waals surface area contributed by atoms with Crippen LogP contribution < -0.4 is 10.6 Å². The van der Waals surface area contributed by atoms with Gasteiger partial charge in [-0.05, 0) is 29.8 Å². The Bertz CT molecular complexity index is 863. The van der Waals surface area contributed by atoms with E-state index in [2.05, 4.69) is 15.5 Å². The predicted molar refractivity (Wildman–Crippen MR) is 105 cm³/mol. The molecule has 1 aliphatic heterocycles. The minimum absolute atomic E-state index is 0.126. The fourth-order valence-corrected chi connectivity index (χ4v) is 4.45. The first-order valence-corrected chi connectivity index (χ1v) is 10.8. The minimum Gasteiger partial charge on any atom is -0.351 e. The van der Waals surface area contributed by atoms with Crippen molar-refractivity contribution in [2.24, 2.45) is 0 Å². The molecule has 1 amide bonds. The lowest BCUT2D eigenvalue weighted by molar-refractivity contribution is 0.0947. The lowest BCUT2D eigenvalue weighted by Crippen LogP contribution is -2.46. The molecule has 2 N–H and O–H groups in total. The molecule has 1 heterocycles. The Morgan fingerprint density at radius 2 is 1.78 bits per heavy atom. The highest BCUT2D eigenvalue weighted by molar-refractivity contribution is 7.90. The van der Waals surface area contributed by atoms with E-state index in [0.717, 1.165) is 32.7 Å². The largest absolute Gasteiger partial charge is 0.351 e. The molecule has 6 nitrogen and oxygen atoms in total. The average Bonchev–Trinajstić information content (AvgIpc) is 2.69. The first-order valence-electron chi connectivity index (χ1n) is 9.13. The third-order valence-electron chi connectivity index (χ3n) is 4.57. The zero-order chi connectivity index (χ0) is 19.1. The maximum Gasteiger partial charge on any atom is 0.251 e.